The standard InChI is InChI=1S/C19H24N4O2S/c1-13(2)12-22-9-10-23(19(22)25)18-21-14(3)17(26-18)16(24)7-6-15-5-4-8-20-11-15/h4-5,8,11,13H,6-7,9-10,12H2,1-3H3. The first-order valence-electron chi connectivity index (χ1n) is 8.91. The van der Waals surface area contributed by atoms with Crippen LogP contribution in [0.3, 0.4) is 0 Å². The minimum absolute atomic E-state index is 0.0122. The predicted octanol–water partition coefficient (Wildman–Crippen LogP) is 3.56. The summed E-state index contributed by atoms with van der Waals surface area (Å²) < 4.78 is 0. The molecule has 0 atom stereocenters. The van der Waals surface area contributed by atoms with Crippen LogP contribution in [0.2, 0.25) is 0 Å². The second-order valence-corrected chi connectivity index (χ2v) is 7.95. The van der Waals surface area contributed by atoms with E-state index in [1.165, 1.54) is 11.3 Å². The van der Waals surface area contributed by atoms with Gasteiger partial charge in [-0.15, -0.1) is 0 Å². The van der Waals surface area contributed by atoms with E-state index in [1.54, 1.807) is 17.3 Å². The summed E-state index contributed by atoms with van der Waals surface area (Å²) in [5.74, 6) is 0.502. The molecule has 1 fully saturated rings. The van der Waals surface area contributed by atoms with Gasteiger partial charge in [0.2, 0.25) is 0 Å². The summed E-state index contributed by atoms with van der Waals surface area (Å²) in [7, 11) is 0. The minimum atomic E-state index is -0.0122. The summed E-state index contributed by atoms with van der Waals surface area (Å²) in [5.41, 5.74) is 1.75. The lowest BCUT2D eigenvalue weighted by molar-refractivity contribution is 0.0986. The molecule has 2 amide bonds. The molecular weight excluding hydrogens is 348 g/mol. The largest absolute Gasteiger partial charge is 0.326 e. The molecule has 1 aliphatic rings. The van der Waals surface area contributed by atoms with Gasteiger partial charge >= 0.3 is 6.03 Å². The van der Waals surface area contributed by atoms with Gasteiger partial charge in [-0.25, -0.2) is 9.78 Å². The summed E-state index contributed by atoms with van der Waals surface area (Å²) in [6.07, 6.45) is 4.58. The molecule has 0 unspecified atom stereocenters. The van der Waals surface area contributed by atoms with Crippen molar-refractivity contribution in [1.82, 2.24) is 14.9 Å². The molecule has 138 valence electrons. The number of amides is 2. The van der Waals surface area contributed by atoms with Crippen LogP contribution in [-0.4, -0.2) is 46.3 Å². The normalized spacial score (nSPS) is 14.5. The second-order valence-electron chi connectivity index (χ2n) is 6.97. The lowest BCUT2D eigenvalue weighted by Gasteiger charge is -2.18. The number of thiazole rings is 1. The number of Topliss-reactive ketones (excluding diaryl/α,β-unsaturated/α-hetero) is 1. The van der Waals surface area contributed by atoms with Gasteiger partial charge in [0, 0.05) is 38.4 Å². The Labute approximate surface area is 157 Å². The molecule has 3 heterocycles. The molecule has 0 N–H and O–H groups in total. The molecule has 0 spiro atoms. The average molecular weight is 372 g/mol. The van der Waals surface area contributed by atoms with Crippen molar-refractivity contribution >= 4 is 28.3 Å². The number of carbonyl (C=O) groups is 2. The highest BCUT2D eigenvalue weighted by Gasteiger charge is 2.32. The fraction of sp³-hybridized carbons (Fsp3) is 0.474. The van der Waals surface area contributed by atoms with Gasteiger partial charge < -0.3 is 4.90 Å². The molecule has 0 aliphatic carbocycles. The van der Waals surface area contributed by atoms with Gasteiger partial charge in [-0.3, -0.25) is 14.7 Å². The molecule has 1 aliphatic heterocycles. The van der Waals surface area contributed by atoms with E-state index in [0.717, 1.165) is 12.1 Å². The van der Waals surface area contributed by atoms with Crippen molar-refractivity contribution in [1.29, 1.82) is 0 Å². The van der Waals surface area contributed by atoms with E-state index >= 15 is 0 Å². The summed E-state index contributed by atoms with van der Waals surface area (Å²) >= 11 is 1.33. The van der Waals surface area contributed by atoms with Crippen molar-refractivity contribution in [3.63, 3.8) is 0 Å². The average Bonchev–Trinajstić information content (AvgIpc) is 3.16. The van der Waals surface area contributed by atoms with E-state index in [4.69, 9.17) is 0 Å². The van der Waals surface area contributed by atoms with Crippen molar-refractivity contribution in [2.75, 3.05) is 24.5 Å². The number of rotatable bonds is 7. The van der Waals surface area contributed by atoms with E-state index in [9.17, 15) is 9.59 Å². The predicted molar refractivity (Wildman–Crippen MR) is 103 cm³/mol. The van der Waals surface area contributed by atoms with E-state index in [0.29, 0.717) is 47.6 Å². The zero-order chi connectivity index (χ0) is 18.7. The number of anilines is 1. The molecular formula is C19H24N4O2S. The van der Waals surface area contributed by atoms with Gasteiger partial charge in [-0.1, -0.05) is 31.3 Å². The molecule has 3 rings (SSSR count). The molecule has 2 aromatic heterocycles. The molecule has 0 bridgehead atoms. The van der Waals surface area contributed by atoms with Crippen molar-refractivity contribution in [3.05, 3.63) is 40.7 Å². The zero-order valence-electron chi connectivity index (χ0n) is 15.4. The molecule has 0 radical (unpaired) electrons. The Hall–Kier alpha value is -2.28. The number of hydrogen-bond acceptors (Lipinski definition) is 5. The lowest BCUT2D eigenvalue weighted by Crippen LogP contribution is -2.34. The lowest BCUT2D eigenvalue weighted by atomic mass is 10.1. The van der Waals surface area contributed by atoms with Crippen LogP contribution in [0.1, 0.15) is 41.2 Å². The minimum Gasteiger partial charge on any atom is -0.322 e. The van der Waals surface area contributed by atoms with Crippen LogP contribution >= 0.6 is 11.3 Å². The summed E-state index contributed by atoms with van der Waals surface area (Å²) in [4.78, 5) is 37.9. The number of nitrogens with zero attached hydrogens (tertiary/aromatic N) is 4. The first kappa shape index (κ1) is 18.5. The van der Waals surface area contributed by atoms with Gasteiger partial charge in [0.25, 0.3) is 0 Å². The highest BCUT2D eigenvalue weighted by molar-refractivity contribution is 7.17. The Kier molecular flexibility index (Phi) is 5.66. The van der Waals surface area contributed by atoms with Crippen molar-refractivity contribution in [2.45, 2.75) is 33.6 Å². The molecule has 1 saturated heterocycles. The Balaban J connectivity index is 1.67. The summed E-state index contributed by atoms with van der Waals surface area (Å²) in [6.45, 7) is 8.12. The third kappa shape index (κ3) is 4.09. The first-order valence-corrected chi connectivity index (χ1v) is 9.73. The van der Waals surface area contributed by atoms with Gasteiger partial charge in [0.1, 0.15) is 0 Å². The fourth-order valence-corrected chi connectivity index (χ4v) is 4.10. The second kappa shape index (κ2) is 7.95. The SMILES string of the molecule is Cc1nc(N2CCN(CC(C)C)C2=O)sc1C(=O)CCc1cccnc1. The van der Waals surface area contributed by atoms with Crippen LogP contribution in [0.4, 0.5) is 9.93 Å². The molecule has 7 heteroatoms. The van der Waals surface area contributed by atoms with Crippen LogP contribution < -0.4 is 4.90 Å². The number of aromatic nitrogens is 2. The fourth-order valence-electron chi connectivity index (χ4n) is 3.04. The van der Waals surface area contributed by atoms with Crippen LogP contribution in [0.5, 0.6) is 0 Å². The van der Waals surface area contributed by atoms with E-state index in [-0.39, 0.29) is 11.8 Å². The van der Waals surface area contributed by atoms with Crippen LogP contribution in [0.15, 0.2) is 24.5 Å². The van der Waals surface area contributed by atoms with Crippen molar-refractivity contribution < 1.29 is 9.59 Å². The molecule has 2 aromatic rings. The van der Waals surface area contributed by atoms with Gasteiger partial charge in [0.15, 0.2) is 10.9 Å². The smallest absolute Gasteiger partial charge is 0.322 e. The quantitative estimate of drug-likeness (QED) is 0.697. The van der Waals surface area contributed by atoms with Crippen molar-refractivity contribution in [3.8, 4) is 0 Å². The van der Waals surface area contributed by atoms with Crippen LogP contribution in [0.25, 0.3) is 0 Å². The van der Waals surface area contributed by atoms with Gasteiger partial charge in [-0.2, -0.15) is 0 Å². The molecule has 6 nitrogen and oxygen atoms in total. The zero-order valence-corrected chi connectivity index (χ0v) is 16.3. The third-order valence-corrected chi connectivity index (χ3v) is 5.53. The Morgan fingerprint density at radius 2 is 2.15 bits per heavy atom. The highest BCUT2D eigenvalue weighted by atomic mass is 32.1. The number of urea groups is 1. The van der Waals surface area contributed by atoms with E-state index < -0.39 is 0 Å². The maximum atomic E-state index is 12.6. The molecule has 0 aromatic carbocycles. The Morgan fingerprint density at radius 1 is 1.35 bits per heavy atom. The number of aryl methyl sites for hydroxylation is 2. The van der Waals surface area contributed by atoms with E-state index in [1.807, 2.05) is 24.0 Å². The Bertz CT molecular complexity index is 788. The number of ketones is 1. The first-order chi connectivity index (χ1) is 12.5. The monoisotopic (exact) mass is 372 g/mol. The van der Waals surface area contributed by atoms with Crippen molar-refractivity contribution in [2.24, 2.45) is 5.92 Å². The summed E-state index contributed by atoms with van der Waals surface area (Å²) in [5, 5.41) is 0.628. The van der Waals surface area contributed by atoms with Crippen LogP contribution in [0, 0.1) is 12.8 Å². The van der Waals surface area contributed by atoms with Crippen LogP contribution in [-0.2, 0) is 6.42 Å². The number of hydrogen-bond donors (Lipinski definition) is 0. The summed E-state index contributed by atoms with van der Waals surface area (Å²) in [6, 6.07) is 3.83. The molecule has 0 saturated carbocycles. The maximum absolute atomic E-state index is 12.6. The van der Waals surface area contributed by atoms with Gasteiger partial charge in [-0.05, 0) is 30.9 Å². The Morgan fingerprint density at radius 3 is 2.85 bits per heavy atom. The number of pyridine rings is 1. The van der Waals surface area contributed by atoms with E-state index in [2.05, 4.69) is 23.8 Å². The van der Waals surface area contributed by atoms with Gasteiger partial charge in [0.05, 0.1) is 10.6 Å². The number of carbonyl (C=O) groups excluding carboxylic acids is 2. The third-order valence-electron chi connectivity index (χ3n) is 4.31. The maximum Gasteiger partial charge on any atom is 0.326 e. The topological polar surface area (TPSA) is 66.4 Å². The highest BCUT2D eigenvalue weighted by Crippen LogP contribution is 2.30. The molecule has 26 heavy (non-hydrogen) atoms.